The number of hydrogen-bond donors (Lipinski definition) is 2. The Morgan fingerprint density at radius 1 is 1.18 bits per heavy atom. The number of pyridine rings is 1. The number of aryl methyl sites for hydroxylation is 2. The Kier molecular flexibility index (Phi) is 5.64. The Morgan fingerprint density at radius 2 is 2.00 bits per heavy atom. The molecule has 2 aromatic heterocycles. The van der Waals surface area contributed by atoms with Gasteiger partial charge in [-0.2, -0.15) is 0 Å². The summed E-state index contributed by atoms with van der Waals surface area (Å²) >= 11 is 0. The van der Waals surface area contributed by atoms with Crippen LogP contribution in [0.4, 0.5) is 17.3 Å². The highest BCUT2D eigenvalue weighted by Gasteiger charge is 2.28. The van der Waals surface area contributed by atoms with E-state index in [0.29, 0.717) is 29.7 Å². The maximum Gasteiger partial charge on any atom is 0.163 e. The average Bonchev–Trinajstić information content (AvgIpc) is 3.67. The molecule has 1 aliphatic heterocycles. The lowest BCUT2D eigenvalue weighted by molar-refractivity contribution is 1.11. The summed E-state index contributed by atoms with van der Waals surface area (Å²) < 4.78 is 0. The van der Waals surface area contributed by atoms with Gasteiger partial charge in [0.25, 0.3) is 0 Å². The van der Waals surface area contributed by atoms with E-state index in [2.05, 4.69) is 62.6 Å². The zero-order valence-electron chi connectivity index (χ0n) is 19.3. The number of anilines is 2. The Labute approximate surface area is 199 Å². The van der Waals surface area contributed by atoms with E-state index in [1.807, 2.05) is 25.1 Å². The molecule has 3 aromatic rings. The first-order valence-electron chi connectivity index (χ1n) is 11.3. The number of amidine groups is 1. The van der Waals surface area contributed by atoms with E-state index in [4.69, 9.17) is 10.4 Å². The summed E-state index contributed by atoms with van der Waals surface area (Å²) in [6, 6.07) is 10.1. The van der Waals surface area contributed by atoms with Crippen molar-refractivity contribution in [2.45, 2.75) is 26.7 Å². The number of aromatic nitrogens is 3. The average molecular weight is 448 g/mol. The molecular weight excluding hydrogens is 422 g/mol. The quantitative estimate of drug-likeness (QED) is 0.429. The van der Waals surface area contributed by atoms with Gasteiger partial charge in [0.1, 0.15) is 23.7 Å². The van der Waals surface area contributed by atoms with Gasteiger partial charge in [-0.15, -0.1) is 0 Å². The van der Waals surface area contributed by atoms with Crippen molar-refractivity contribution in [3.63, 3.8) is 0 Å². The molecule has 0 radical (unpaired) electrons. The van der Waals surface area contributed by atoms with Crippen LogP contribution in [0.2, 0.25) is 0 Å². The van der Waals surface area contributed by atoms with Crippen molar-refractivity contribution in [3.05, 3.63) is 77.9 Å². The molecule has 0 spiro atoms. The van der Waals surface area contributed by atoms with E-state index >= 15 is 0 Å². The Balaban J connectivity index is 1.50. The van der Waals surface area contributed by atoms with Crippen LogP contribution in [0.15, 0.2) is 60.6 Å². The molecule has 1 aromatic carbocycles. The second kappa shape index (κ2) is 8.91. The zero-order valence-corrected chi connectivity index (χ0v) is 19.3. The van der Waals surface area contributed by atoms with Gasteiger partial charge < -0.3 is 5.32 Å². The van der Waals surface area contributed by atoms with E-state index in [1.54, 1.807) is 12.4 Å². The van der Waals surface area contributed by atoms with Gasteiger partial charge in [0.15, 0.2) is 5.82 Å². The fourth-order valence-corrected chi connectivity index (χ4v) is 3.93. The second-order valence-corrected chi connectivity index (χ2v) is 8.48. The smallest absolute Gasteiger partial charge is 0.163 e. The van der Waals surface area contributed by atoms with Gasteiger partial charge >= 0.3 is 0 Å². The van der Waals surface area contributed by atoms with Crippen LogP contribution in [0.25, 0.3) is 5.70 Å². The molecule has 2 aliphatic rings. The topological polar surface area (TPSA) is 90.1 Å². The van der Waals surface area contributed by atoms with Gasteiger partial charge in [-0.25, -0.2) is 19.9 Å². The predicted octanol–water partition coefficient (Wildman–Crippen LogP) is 4.90. The van der Waals surface area contributed by atoms with Gasteiger partial charge in [0, 0.05) is 23.9 Å². The molecule has 0 amide bonds. The van der Waals surface area contributed by atoms with Crippen LogP contribution in [0, 0.1) is 37.0 Å². The fraction of sp³-hybridized carbons (Fsp3) is 0.222. The van der Waals surface area contributed by atoms with E-state index in [0.717, 1.165) is 46.8 Å². The molecule has 1 fully saturated rings. The van der Waals surface area contributed by atoms with Crippen molar-refractivity contribution in [3.8, 4) is 11.8 Å². The van der Waals surface area contributed by atoms with E-state index in [1.165, 1.54) is 6.33 Å². The molecule has 0 bridgehead atoms. The van der Waals surface area contributed by atoms with Crippen LogP contribution < -0.4 is 10.2 Å². The van der Waals surface area contributed by atoms with Crippen LogP contribution in [0.5, 0.6) is 0 Å². The van der Waals surface area contributed by atoms with Crippen molar-refractivity contribution in [1.29, 1.82) is 5.41 Å². The normalized spacial score (nSPS) is 14.6. The van der Waals surface area contributed by atoms with Crippen LogP contribution >= 0.6 is 0 Å². The maximum absolute atomic E-state index is 8.41. The molecule has 1 aliphatic carbocycles. The van der Waals surface area contributed by atoms with Crippen LogP contribution in [-0.4, -0.2) is 33.0 Å². The first-order chi connectivity index (χ1) is 16.5. The summed E-state index contributed by atoms with van der Waals surface area (Å²) in [7, 11) is 0. The second-order valence-electron chi connectivity index (χ2n) is 8.48. The molecule has 1 saturated carbocycles. The molecule has 7 nitrogen and oxygen atoms in total. The lowest BCUT2D eigenvalue weighted by Gasteiger charge is -2.34. The molecule has 0 atom stereocenters. The zero-order chi connectivity index (χ0) is 23.7. The van der Waals surface area contributed by atoms with Gasteiger partial charge in [-0.05, 0) is 55.9 Å². The maximum atomic E-state index is 8.41. The Morgan fingerprint density at radius 3 is 2.79 bits per heavy atom. The Bertz CT molecular complexity index is 1390. The number of benzene rings is 1. The molecule has 168 valence electrons. The predicted molar refractivity (Wildman–Crippen MR) is 137 cm³/mol. The number of fused-ring (bicyclic) bond motifs is 1. The standard InChI is InChI=1S/C27H25N7/c1-17-6-4-5-7-23(17)34-19(3)25-18(2)12-13-30-27(25)33-24(34)15-31-26-21(14-29-16-32-26)22(28)11-10-20-8-9-20/h4-7,12-14,16,20,28H,3,8-9,15H2,1-2H3,(H,29,31,32). The third kappa shape index (κ3) is 4.18. The highest BCUT2D eigenvalue weighted by atomic mass is 15.3. The van der Waals surface area contributed by atoms with Gasteiger partial charge in [-0.1, -0.05) is 30.7 Å². The summed E-state index contributed by atoms with van der Waals surface area (Å²) in [6.07, 6.45) is 7.09. The van der Waals surface area contributed by atoms with Crippen LogP contribution in [0.1, 0.15) is 35.1 Å². The minimum Gasteiger partial charge on any atom is -0.362 e. The number of aliphatic imine (C=N–C) groups is 1. The summed E-state index contributed by atoms with van der Waals surface area (Å²) in [5.41, 5.74) is 5.74. The SMILES string of the molecule is C=C1c2c(C)ccnc2N=C(CNc2ncncc2C(=N)C#CC2CC2)N1c1ccccc1C. The largest absolute Gasteiger partial charge is 0.362 e. The Hall–Kier alpha value is -4.31. The minimum absolute atomic E-state index is 0.211. The number of nitrogens with zero attached hydrogens (tertiary/aromatic N) is 5. The van der Waals surface area contributed by atoms with Crippen molar-refractivity contribution in [1.82, 2.24) is 15.0 Å². The molecular formula is C27H25N7. The van der Waals surface area contributed by atoms with Gasteiger partial charge in [0.05, 0.1) is 23.5 Å². The molecule has 3 heterocycles. The van der Waals surface area contributed by atoms with E-state index < -0.39 is 0 Å². The monoisotopic (exact) mass is 447 g/mol. The van der Waals surface area contributed by atoms with Crippen molar-refractivity contribution < 1.29 is 0 Å². The van der Waals surface area contributed by atoms with Gasteiger partial charge in [0.2, 0.25) is 0 Å². The number of rotatable bonds is 5. The molecule has 0 saturated heterocycles. The van der Waals surface area contributed by atoms with Crippen LogP contribution in [-0.2, 0) is 0 Å². The molecule has 2 N–H and O–H groups in total. The summed E-state index contributed by atoms with van der Waals surface area (Å²) in [5.74, 6) is 8.45. The fourth-order valence-electron chi connectivity index (χ4n) is 3.93. The number of para-hydroxylation sites is 1. The highest BCUT2D eigenvalue weighted by molar-refractivity contribution is 6.16. The number of nitrogens with one attached hydrogen (secondary N) is 2. The third-order valence-corrected chi connectivity index (χ3v) is 5.92. The molecule has 34 heavy (non-hydrogen) atoms. The highest BCUT2D eigenvalue weighted by Crippen LogP contribution is 2.38. The van der Waals surface area contributed by atoms with Crippen molar-refractivity contribution in [2.75, 3.05) is 16.8 Å². The van der Waals surface area contributed by atoms with E-state index in [9.17, 15) is 0 Å². The van der Waals surface area contributed by atoms with Crippen molar-refractivity contribution in [2.24, 2.45) is 10.9 Å². The van der Waals surface area contributed by atoms with Crippen molar-refractivity contribution >= 4 is 34.6 Å². The molecule has 7 heteroatoms. The first kappa shape index (κ1) is 21.5. The van der Waals surface area contributed by atoms with E-state index in [-0.39, 0.29) is 5.71 Å². The first-order valence-corrected chi connectivity index (χ1v) is 11.3. The lowest BCUT2D eigenvalue weighted by Crippen LogP contribution is -2.37. The lowest BCUT2D eigenvalue weighted by atomic mass is 10.0. The molecule has 0 unspecified atom stereocenters. The minimum atomic E-state index is 0.211. The summed E-state index contributed by atoms with van der Waals surface area (Å²) in [5, 5.41) is 11.8. The van der Waals surface area contributed by atoms with Gasteiger partial charge in [-0.3, -0.25) is 10.3 Å². The summed E-state index contributed by atoms with van der Waals surface area (Å²) in [6.45, 7) is 8.88. The molecule has 5 rings (SSSR count). The third-order valence-electron chi connectivity index (χ3n) is 5.92. The number of hydrogen-bond acceptors (Lipinski definition) is 7. The summed E-state index contributed by atoms with van der Waals surface area (Å²) in [4.78, 5) is 19.9. The van der Waals surface area contributed by atoms with Crippen LogP contribution in [0.3, 0.4) is 0 Å².